The number of hydrogen-bond donors (Lipinski definition) is 1. The number of rotatable bonds is 5. The van der Waals surface area contributed by atoms with Gasteiger partial charge >= 0.3 is 0 Å². The largest absolute Gasteiger partial charge is 0.411 e. The first-order valence-corrected chi connectivity index (χ1v) is 10.4. The molecule has 0 saturated carbocycles. The van der Waals surface area contributed by atoms with Crippen LogP contribution in [0.4, 0.5) is 0 Å². The van der Waals surface area contributed by atoms with Gasteiger partial charge < -0.3 is 15.1 Å². The highest BCUT2D eigenvalue weighted by Crippen LogP contribution is 2.27. The van der Waals surface area contributed by atoms with Crippen LogP contribution in [0.15, 0.2) is 33.9 Å². The fraction of sp³-hybridized carbons (Fsp3) is 0.500. The number of aromatic nitrogens is 2. The van der Waals surface area contributed by atoms with Gasteiger partial charge in [0.25, 0.3) is 5.22 Å². The molecule has 7 nitrogen and oxygen atoms in total. The Morgan fingerprint density at radius 1 is 1.21 bits per heavy atom. The first-order valence-electron chi connectivity index (χ1n) is 9.42. The van der Waals surface area contributed by atoms with Crippen molar-refractivity contribution in [2.45, 2.75) is 56.7 Å². The fourth-order valence-corrected chi connectivity index (χ4v) is 3.88. The second-order valence-corrected chi connectivity index (χ2v) is 8.92. The second-order valence-electron chi connectivity index (χ2n) is 7.99. The van der Waals surface area contributed by atoms with E-state index in [1.807, 2.05) is 12.1 Å². The number of likely N-dealkylation sites (tertiary alicyclic amines) is 1. The van der Waals surface area contributed by atoms with Gasteiger partial charge in [-0.2, -0.15) is 0 Å². The number of carbonyl (C=O) groups is 2. The van der Waals surface area contributed by atoms with Gasteiger partial charge in [-0.15, -0.1) is 10.2 Å². The molecule has 0 aliphatic carbocycles. The van der Waals surface area contributed by atoms with E-state index >= 15 is 0 Å². The van der Waals surface area contributed by atoms with Crippen molar-refractivity contribution in [3.05, 3.63) is 29.8 Å². The molecule has 150 valence electrons. The van der Waals surface area contributed by atoms with Gasteiger partial charge in [-0.1, -0.05) is 44.7 Å². The van der Waals surface area contributed by atoms with Crippen molar-refractivity contribution < 1.29 is 14.0 Å². The van der Waals surface area contributed by atoms with E-state index in [1.54, 1.807) is 4.90 Å². The number of thioether (sulfide) groups is 1. The van der Waals surface area contributed by atoms with Crippen LogP contribution >= 0.6 is 11.8 Å². The standard InChI is InChI=1S/C20H26N4O3S/c1-20(2,3)14-9-7-13(8-10-14)18-22-23-19(27-18)28-12-16(25)24-11-5-4-6-15(24)17(21)26/h7-10,15H,4-6,11-12H2,1-3H3,(H2,21,26)/t15-/m1/s1. The molecule has 1 fully saturated rings. The monoisotopic (exact) mass is 402 g/mol. The predicted octanol–water partition coefficient (Wildman–Crippen LogP) is 2.99. The molecule has 0 unspecified atom stereocenters. The lowest BCUT2D eigenvalue weighted by Gasteiger charge is -2.33. The lowest BCUT2D eigenvalue weighted by atomic mass is 9.87. The van der Waals surface area contributed by atoms with Crippen molar-refractivity contribution in [1.82, 2.24) is 15.1 Å². The summed E-state index contributed by atoms with van der Waals surface area (Å²) in [6.45, 7) is 7.03. The van der Waals surface area contributed by atoms with Crippen LogP contribution in [0.3, 0.4) is 0 Å². The molecule has 0 spiro atoms. The molecule has 1 aliphatic rings. The van der Waals surface area contributed by atoms with E-state index in [2.05, 4.69) is 43.1 Å². The minimum absolute atomic E-state index is 0.0754. The molecule has 1 aliphatic heterocycles. The summed E-state index contributed by atoms with van der Waals surface area (Å²) < 4.78 is 5.69. The predicted molar refractivity (Wildman–Crippen MR) is 108 cm³/mol. The minimum atomic E-state index is -0.513. The van der Waals surface area contributed by atoms with E-state index in [9.17, 15) is 9.59 Å². The molecule has 0 radical (unpaired) electrons. The Balaban J connectivity index is 1.61. The molecular weight excluding hydrogens is 376 g/mol. The van der Waals surface area contributed by atoms with Gasteiger partial charge in [0.1, 0.15) is 6.04 Å². The van der Waals surface area contributed by atoms with E-state index in [-0.39, 0.29) is 17.1 Å². The first-order chi connectivity index (χ1) is 13.3. The molecular formula is C20H26N4O3S. The third-order valence-electron chi connectivity index (χ3n) is 4.88. The summed E-state index contributed by atoms with van der Waals surface area (Å²) in [5.74, 6) is -0.0306. The van der Waals surface area contributed by atoms with Gasteiger partial charge in [0, 0.05) is 12.1 Å². The van der Waals surface area contributed by atoms with Crippen LogP contribution in [-0.2, 0) is 15.0 Å². The maximum Gasteiger partial charge on any atom is 0.277 e. The second kappa shape index (κ2) is 8.34. The third kappa shape index (κ3) is 4.73. The Kier molecular flexibility index (Phi) is 6.07. The van der Waals surface area contributed by atoms with Gasteiger partial charge in [0.15, 0.2) is 0 Å². The maximum atomic E-state index is 12.5. The fourth-order valence-electron chi connectivity index (χ4n) is 3.23. The van der Waals surface area contributed by atoms with Crippen LogP contribution in [0.5, 0.6) is 0 Å². The average Bonchev–Trinajstić information content (AvgIpc) is 3.14. The zero-order valence-corrected chi connectivity index (χ0v) is 17.3. The highest BCUT2D eigenvalue weighted by Gasteiger charge is 2.30. The van der Waals surface area contributed by atoms with Crippen LogP contribution in [0.2, 0.25) is 0 Å². The summed E-state index contributed by atoms with van der Waals surface area (Å²) in [5.41, 5.74) is 7.56. The van der Waals surface area contributed by atoms with Crippen molar-refractivity contribution in [2.24, 2.45) is 5.73 Å². The molecule has 2 aromatic rings. The van der Waals surface area contributed by atoms with Gasteiger partial charge in [-0.05, 0) is 42.4 Å². The van der Waals surface area contributed by atoms with Crippen molar-refractivity contribution in [3.8, 4) is 11.5 Å². The van der Waals surface area contributed by atoms with Crippen molar-refractivity contribution in [2.75, 3.05) is 12.3 Å². The molecule has 2 amide bonds. The quantitative estimate of drug-likeness (QED) is 0.771. The number of nitrogens with zero attached hydrogens (tertiary/aromatic N) is 3. The molecule has 2 N–H and O–H groups in total. The summed E-state index contributed by atoms with van der Waals surface area (Å²) in [7, 11) is 0. The van der Waals surface area contributed by atoms with Gasteiger partial charge in [0.2, 0.25) is 17.7 Å². The van der Waals surface area contributed by atoms with Gasteiger partial charge in [-0.25, -0.2) is 0 Å². The Morgan fingerprint density at radius 2 is 1.93 bits per heavy atom. The molecule has 1 aromatic carbocycles. The van der Waals surface area contributed by atoms with Crippen LogP contribution in [-0.4, -0.2) is 45.3 Å². The van der Waals surface area contributed by atoms with Gasteiger partial charge in [0.05, 0.1) is 5.75 Å². The highest BCUT2D eigenvalue weighted by molar-refractivity contribution is 7.99. The zero-order valence-electron chi connectivity index (χ0n) is 16.5. The topological polar surface area (TPSA) is 102 Å². The molecule has 0 bridgehead atoms. The summed E-state index contributed by atoms with van der Waals surface area (Å²) in [4.78, 5) is 25.6. The lowest BCUT2D eigenvalue weighted by Crippen LogP contribution is -2.51. The lowest BCUT2D eigenvalue weighted by molar-refractivity contribution is -0.138. The number of hydrogen-bond acceptors (Lipinski definition) is 6. The third-order valence-corrected chi connectivity index (χ3v) is 5.68. The van der Waals surface area contributed by atoms with E-state index in [0.29, 0.717) is 24.1 Å². The molecule has 28 heavy (non-hydrogen) atoms. The average molecular weight is 403 g/mol. The molecule has 1 saturated heterocycles. The molecule has 1 aromatic heterocycles. The highest BCUT2D eigenvalue weighted by atomic mass is 32.2. The van der Waals surface area contributed by atoms with Crippen molar-refractivity contribution in [3.63, 3.8) is 0 Å². The Morgan fingerprint density at radius 3 is 2.57 bits per heavy atom. The molecule has 3 rings (SSSR count). The number of carbonyl (C=O) groups excluding carboxylic acids is 2. The minimum Gasteiger partial charge on any atom is -0.411 e. The normalized spacial score (nSPS) is 17.5. The van der Waals surface area contributed by atoms with Crippen LogP contribution in [0.25, 0.3) is 11.5 Å². The first kappa shape index (κ1) is 20.4. The van der Waals surface area contributed by atoms with Crippen molar-refractivity contribution >= 4 is 23.6 Å². The van der Waals surface area contributed by atoms with E-state index < -0.39 is 11.9 Å². The summed E-state index contributed by atoms with van der Waals surface area (Å²) >= 11 is 1.18. The summed E-state index contributed by atoms with van der Waals surface area (Å²) in [5, 5.41) is 8.42. The smallest absolute Gasteiger partial charge is 0.277 e. The number of piperidine rings is 1. The Bertz CT molecular complexity index is 842. The van der Waals surface area contributed by atoms with Crippen LogP contribution in [0.1, 0.15) is 45.6 Å². The number of primary amides is 1. The van der Waals surface area contributed by atoms with Crippen LogP contribution in [0, 0.1) is 0 Å². The maximum absolute atomic E-state index is 12.5. The Hall–Kier alpha value is -2.35. The van der Waals surface area contributed by atoms with Crippen molar-refractivity contribution in [1.29, 1.82) is 0 Å². The SMILES string of the molecule is CC(C)(C)c1ccc(-c2nnc(SCC(=O)N3CCCC[C@@H]3C(N)=O)o2)cc1. The van der Waals surface area contributed by atoms with Crippen LogP contribution < -0.4 is 5.73 Å². The van der Waals surface area contributed by atoms with E-state index in [4.69, 9.17) is 10.2 Å². The zero-order chi connectivity index (χ0) is 20.3. The van der Waals surface area contributed by atoms with E-state index in [1.165, 1.54) is 17.3 Å². The molecule has 8 heteroatoms. The van der Waals surface area contributed by atoms with Gasteiger partial charge in [-0.3, -0.25) is 9.59 Å². The summed E-state index contributed by atoms with van der Waals surface area (Å²) in [6, 6.07) is 7.51. The number of nitrogens with two attached hydrogens (primary N) is 1. The number of benzene rings is 1. The molecule has 1 atom stereocenters. The van der Waals surface area contributed by atoms with E-state index in [0.717, 1.165) is 18.4 Å². The number of amides is 2. The molecule has 2 heterocycles. The Labute approximate surface area is 169 Å². The summed E-state index contributed by atoms with van der Waals surface area (Å²) in [6.07, 6.45) is 2.42.